The standard InChI is InChI=1S/C9H9N3S2/c10-9(13)8-2-1-3-12(8)5-7-4-11-6-14-7/h1-4,6H,5H2,(H2,10,13). The van der Waals surface area contributed by atoms with Crippen LogP contribution in [0.1, 0.15) is 10.6 Å². The van der Waals surface area contributed by atoms with E-state index < -0.39 is 0 Å². The van der Waals surface area contributed by atoms with Crippen molar-refractivity contribution in [3.8, 4) is 0 Å². The molecule has 0 aromatic carbocycles. The molecule has 0 saturated carbocycles. The second-order valence-corrected chi connectivity index (χ2v) is 4.26. The fourth-order valence-corrected chi connectivity index (χ4v) is 2.04. The number of aromatic nitrogens is 2. The molecule has 0 aliphatic rings. The molecule has 0 fully saturated rings. The van der Waals surface area contributed by atoms with Gasteiger partial charge in [0, 0.05) is 17.3 Å². The van der Waals surface area contributed by atoms with Gasteiger partial charge >= 0.3 is 0 Å². The molecule has 2 rings (SSSR count). The Morgan fingerprint density at radius 3 is 3.14 bits per heavy atom. The summed E-state index contributed by atoms with van der Waals surface area (Å²) in [5.74, 6) is 0. The first-order chi connectivity index (χ1) is 6.77. The predicted molar refractivity (Wildman–Crippen MR) is 61.5 cm³/mol. The Hall–Kier alpha value is -1.20. The molecule has 5 heteroatoms. The van der Waals surface area contributed by atoms with Crippen molar-refractivity contribution in [1.29, 1.82) is 0 Å². The molecular formula is C9H9N3S2. The lowest BCUT2D eigenvalue weighted by atomic mass is 10.4. The smallest absolute Gasteiger partial charge is 0.120 e. The van der Waals surface area contributed by atoms with Gasteiger partial charge in [-0.15, -0.1) is 11.3 Å². The van der Waals surface area contributed by atoms with E-state index in [0.717, 1.165) is 12.2 Å². The van der Waals surface area contributed by atoms with Gasteiger partial charge in [0.1, 0.15) is 4.99 Å². The molecule has 0 aliphatic carbocycles. The Kier molecular flexibility index (Phi) is 2.60. The zero-order chi connectivity index (χ0) is 9.97. The summed E-state index contributed by atoms with van der Waals surface area (Å²) in [7, 11) is 0. The van der Waals surface area contributed by atoms with Crippen LogP contribution in [0.4, 0.5) is 0 Å². The van der Waals surface area contributed by atoms with Crippen LogP contribution in [0, 0.1) is 0 Å². The van der Waals surface area contributed by atoms with Gasteiger partial charge in [-0.1, -0.05) is 12.2 Å². The van der Waals surface area contributed by atoms with Gasteiger partial charge < -0.3 is 10.3 Å². The number of rotatable bonds is 3. The third-order valence-corrected chi connectivity index (χ3v) is 2.87. The molecule has 72 valence electrons. The molecule has 14 heavy (non-hydrogen) atoms. The Balaban J connectivity index is 2.25. The Morgan fingerprint density at radius 2 is 2.50 bits per heavy atom. The summed E-state index contributed by atoms with van der Waals surface area (Å²) in [6, 6.07) is 3.86. The highest BCUT2D eigenvalue weighted by Crippen LogP contribution is 2.10. The Morgan fingerprint density at radius 1 is 1.64 bits per heavy atom. The molecule has 3 nitrogen and oxygen atoms in total. The van der Waals surface area contributed by atoms with Crippen LogP contribution in [0.5, 0.6) is 0 Å². The molecule has 0 unspecified atom stereocenters. The largest absolute Gasteiger partial charge is 0.388 e. The number of hydrogen-bond acceptors (Lipinski definition) is 3. The van der Waals surface area contributed by atoms with Crippen molar-refractivity contribution >= 4 is 28.5 Å². The van der Waals surface area contributed by atoms with Gasteiger partial charge in [0.05, 0.1) is 17.7 Å². The highest BCUT2D eigenvalue weighted by atomic mass is 32.1. The average molecular weight is 223 g/mol. The van der Waals surface area contributed by atoms with Crippen LogP contribution < -0.4 is 5.73 Å². The fraction of sp³-hybridized carbons (Fsp3) is 0.111. The molecule has 0 spiro atoms. The summed E-state index contributed by atoms with van der Waals surface area (Å²) in [5, 5.41) is 0. The van der Waals surface area contributed by atoms with Gasteiger partial charge in [0.25, 0.3) is 0 Å². The Labute approximate surface area is 91.2 Å². The molecule has 0 saturated heterocycles. The molecule has 2 N–H and O–H groups in total. The van der Waals surface area contributed by atoms with Crippen LogP contribution in [-0.4, -0.2) is 14.5 Å². The van der Waals surface area contributed by atoms with E-state index in [9.17, 15) is 0 Å². The van der Waals surface area contributed by atoms with Crippen LogP contribution in [0.25, 0.3) is 0 Å². The van der Waals surface area contributed by atoms with E-state index in [2.05, 4.69) is 4.98 Å². The molecule has 0 aliphatic heterocycles. The molecule has 2 aromatic heterocycles. The van der Waals surface area contributed by atoms with E-state index in [1.54, 1.807) is 11.3 Å². The molecule has 0 amide bonds. The lowest BCUT2D eigenvalue weighted by molar-refractivity contribution is 0.809. The summed E-state index contributed by atoms with van der Waals surface area (Å²) < 4.78 is 2.02. The van der Waals surface area contributed by atoms with E-state index >= 15 is 0 Å². The third kappa shape index (κ3) is 1.83. The van der Waals surface area contributed by atoms with Crippen LogP contribution in [-0.2, 0) is 6.54 Å². The maximum absolute atomic E-state index is 5.59. The van der Waals surface area contributed by atoms with Crippen molar-refractivity contribution in [3.63, 3.8) is 0 Å². The van der Waals surface area contributed by atoms with Gasteiger partial charge in [-0.25, -0.2) is 0 Å². The fourth-order valence-electron chi connectivity index (χ4n) is 1.26. The van der Waals surface area contributed by atoms with Crippen LogP contribution >= 0.6 is 23.6 Å². The maximum atomic E-state index is 5.59. The second kappa shape index (κ2) is 3.89. The summed E-state index contributed by atoms with van der Waals surface area (Å²) in [6.07, 6.45) is 3.82. The van der Waals surface area contributed by atoms with Gasteiger partial charge in [-0.2, -0.15) is 0 Å². The van der Waals surface area contributed by atoms with Gasteiger partial charge in [0.2, 0.25) is 0 Å². The van der Waals surface area contributed by atoms with Crippen LogP contribution in [0.3, 0.4) is 0 Å². The maximum Gasteiger partial charge on any atom is 0.120 e. The van der Waals surface area contributed by atoms with E-state index in [0.29, 0.717) is 4.99 Å². The molecule has 2 aromatic rings. The van der Waals surface area contributed by atoms with Gasteiger partial charge in [-0.05, 0) is 12.1 Å². The first kappa shape index (κ1) is 9.36. The normalized spacial score (nSPS) is 10.3. The monoisotopic (exact) mass is 223 g/mol. The molecule has 0 atom stereocenters. The first-order valence-electron chi connectivity index (χ1n) is 4.09. The van der Waals surface area contributed by atoms with Crippen LogP contribution in [0.2, 0.25) is 0 Å². The quantitative estimate of drug-likeness (QED) is 0.804. The SMILES string of the molecule is NC(=S)c1cccn1Cc1cncs1. The second-order valence-electron chi connectivity index (χ2n) is 2.85. The Bertz CT molecular complexity index is 431. The average Bonchev–Trinajstić information content (AvgIpc) is 2.75. The van der Waals surface area contributed by atoms with Crippen molar-refractivity contribution in [1.82, 2.24) is 9.55 Å². The van der Waals surface area contributed by atoms with E-state index in [1.165, 1.54) is 4.88 Å². The van der Waals surface area contributed by atoms with Gasteiger partial charge in [-0.3, -0.25) is 4.98 Å². The lowest BCUT2D eigenvalue weighted by Crippen LogP contribution is -2.15. The summed E-state index contributed by atoms with van der Waals surface area (Å²) >= 11 is 6.57. The molecule has 0 bridgehead atoms. The molecule has 2 heterocycles. The minimum atomic E-state index is 0.430. The third-order valence-electron chi connectivity index (χ3n) is 1.89. The summed E-state index contributed by atoms with van der Waals surface area (Å²) in [4.78, 5) is 5.64. The number of hydrogen-bond donors (Lipinski definition) is 1. The summed E-state index contributed by atoms with van der Waals surface area (Å²) in [5.41, 5.74) is 8.30. The van der Waals surface area contributed by atoms with Crippen molar-refractivity contribution in [2.24, 2.45) is 5.73 Å². The minimum absolute atomic E-state index is 0.430. The van der Waals surface area contributed by atoms with Crippen molar-refractivity contribution in [2.75, 3.05) is 0 Å². The van der Waals surface area contributed by atoms with E-state index in [-0.39, 0.29) is 0 Å². The zero-order valence-corrected chi connectivity index (χ0v) is 9.02. The molecular weight excluding hydrogens is 214 g/mol. The number of nitrogens with zero attached hydrogens (tertiary/aromatic N) is 2. The van der Waals surface area contributed by atoms with Crippen molar-refractivity contribution < 1.29 is 0 Å². The highest BCUT2D eigenvalue weighted by Gasteiger charge is 2.04. The number of thiazole rings is 1. The highest BCUT2D eigenvalue weighted by molar-refractivity contribution is 7.80. The van der Waals surface area contributed by atoms with Crippen molar-refractivity contribution in [3.05, 3.63) is 40.6 Å². The molecule has 0 radical (unpaired) electrons. The van der Waals surface area contributed by atoms with Gasteiger partial charge in [0.15, 0.2) is 0 Å². The topological polar surface area (TPSA) is 43.8 Å². The zero-order valence-electron chi connectivity index (χ0n) is 7.38. The van der Waals surface area contributed by atoms with E-state index in [1.807, 2.05) is 34.6 Å². The summed E-state index contributed by atoms with van der Waals surface area (Å²) in [6.45, 7) is 0.782. The lowest BCUT2D eigenvalue weighted by Gasteiger charge is -2.05. The number of nitrogens with two attached hydrogens (primary N) is 1. The van der Waals surface area contributed by atoms with Crippen LogP contribution in [0.15, 0.2) is 30.0 Å². The predicted octanol–water partition coefficient (Wildman–Crippen LogP) is 1.63. The van der Waals surface area contributed by atoms with Crippen molar-refractivity contribution in [2.45, 2.75) is 6.54 Å². The minimum Gasteiger partial charge on any atom is -0.388 e. The van der Waals surface area contributed by atoms with E-state index in [4.69, 9.17) is 18.0 Å². The number of thiocarbonyl (C=S) groups is 1. The first-order valence-corrected chi connectivity index (χ1v) is 5.38.